The largest absolute Gasteiger partial charge is 0.334 e. The van der Waals surface area contributed by atoms with E-state index in [-0.39, 0.29) is 5.56 Å². The van der Waals surface area contributed by atoms with E-state index < -0.39 is 0 Å². The molecule has 2 rings (SSSR count). The topological polar surface area (TPSA) is 73.8 Å². The van der Waals surface area contributed by atoms with E-state index in [0.717, 1.165) is 10.2 Å². The van der Waals surface area contributed by atoms with Crippen LogP contribution >= 0.6 is 11.8 Å². The van der Waals surface area contributed by atoms with Gasteiger partial charge in [0, 0.05) is 6.42 Å². The lowest BCUT2D eigenvalue weighted by atomic mass is 10.1. The molecule has 2 aromatic rings. The third-order valence-electron chi connectivity index (χ3n) is 2.60. The van der Waals surface area contributed by atoms with Gasteiger partial charge in [-0.25, -0.2) is 0 Å². The molecule has 94 valence electrons. The van der Waals surface area contributed by atoms with Crippen LogP contribution in [0, 0.1) is 6.92 Å². The highest BCUT2D eigenvalue weighted by Crippen LogP contribution is 2.08. The lowest BCUT2D eigenvalue weighted by Gasteiger charge is -2.05. The van der Waals surface area contributed by atoms with E-state index in [9.17, 15) is 4.79 Å². The van der Waals surface area contributed by atoms with Crippen LogP contribution in [0.3, 0.4) is 0 Å². The Labute approximate surface area is 109 Å². The van der Waals surface area contributed by atoms with Crippen molar-refractivity contribution >= 4 is 11.8 Å². The number of aromatic nitrogens is 3. The average Bonchev–Trinajstić information content (AvgIpc) is 2.38. The number of rotatable bonds is 3. The highest BCUT2D eigenvalue weighted by Gasteiger charge is 2.09. The van der Waals surface area contributed by atoms with E-state index in [0.29, 0.717) is 17.3 Å². The van der Waals surface area contributed by atoms with Gasteiger partial charge < -0.3 is 5.84 Å². The summed E-state index contributed by atoms with van der Waals surface area (Å²) in [5.74, 6) is 5.65. The number of nitrogens with zero attached hydrogens (tertiary/aromatic N) is 3. The summed E-state index contributed by atoms with van der Waals surface area (Å²) in [6.45, 7) is 2.02. The minimum atomic E-state index is -0.296. The molecule has 0 aliphatic carbocycles. The van der Waals surface area contributed by atoms with Crippen molar-refractivity contribution in [1.29, 1.82) is 0 Å². The summed E-state index contributed by atoms with van der Waals surface area (Å²) in [5, 5.41) is 8.28. The van der Waals surface area contributed by atoms with Crippen LogP contribution in [-0.4, -0.2) is 21.1 Å². The fraction of sp³-hybridized carbons (Fsp3) is 0.250. The van der Waals surface area contributed by atoms with Crippen LogP contribution in [-0.2, 0) is 6.42 Å². The van der Waals surface area contributed by atoms with Gasteiger partial charge in [0.2, 0.25) is 5.16 Å². The van der Waals surface area contributed by atoms with Gasteiger partial charge in [-0.1, -0.05) is 41.6 Å². The second-order valence-electron chi connectivity index (χ2n) is 3.97. The monoisotopic (exact) mass is 262 g/mol. The van der Waals surface area contributed by atoms with Crippen LogP contribution < -0.4 is 11.4 Å². The molecule has 0 radical (unpaired) electrons. The summed E-state index contributed by atoms with van der Waals surface area (Å²) in [6.07, 6.45) is 2.24. The van der Waals surface area contributed by atoms with E-state index in [1.807, 2.05) is 31.2 Å². The zero-order chi connectivity index (χ0) is 13.1. The molecular formula is C12H14N4OS. The second kappa shape index (κ2) is 5.22. The first kappa shape index (κ1) is 12.6. The SMILES string of the molecule is CSc1nnc(Cc2ccc(C)cc2)c(=O)n1N. The van der Waals surface area contributed by atoms with Crippen LogP contribution in [0.2, 0.25) is 0 Å². The van der Waals surface area contributed by atoms with E-state index in [4.69, 9.17) is 5.84 Å². The molecule has 1 aromatic carbocycles. The molecule has 5 nitrogen and oxygen atoms in total. The molecule has 0 amide bonds. The van der Waals surface area contributed by atoms with Crippen molar-refractivity contribution in [1.82, 2.24) is 14.9 Å². The maximum Gasteiger partial charge on any atom is 0.294 e. The lowest BCUT2D eigenvalue weighted by Crippen LogP contribution is -2.33. The summed E-state index contributed by atoms with van der Waals surface area (Å²) in [7, 11) is 0. The van der Waals surface area contributed by atoms with Crippen LogP contribution in [0.1, 0.15) is 16.8 Å². The molecule has 0 aliphatic heterocycles. The predicted octanol–water partition coefficient (Wildman–Crippen LogP) is 0.973. The first-order valence-electron chi connectivity index (χ1n) is 5.45. The van der Waals surface area contributed by atoms with Gasteiger partial charge in [-0.2, -0.15) is 4.68 Å². The Balaban J connectivity index is 2.33. The molecule has 0 atom stereocenters. The van der Waals surface area contributed by atoms with Gasteiger partial charge in [0.25, 0.3) is 5.56 Å². The maximum absolute atomic E-state index is 11.9. The summed E-state index contributed by atoms with van der Waals surface area (Å²) in [6, 6.07) is 7.94. The van der Waals surface area contributed by atoms with Crippen LogP contribution in [0.4, 0.5) is 0 Å². The smallest absolute Gasteiger partial charge is 0.294 e. The third kappa shape index (κ3) is 2.53. The Morgan fingerprint density at radius 2 is 1.94 bits per heavy atom. The summed E-state index contributed by atoms with van der Waals surface area (Å²) >= 11 is 1.29. The summed E-state index contributed by atoms with van der Waals surface area (Å²) in [5.41, 5.74) is 2.26. The van der Waals surface area contributed by atoms with Crippen molar-refractivity contribution < 1.29 is 0 Å². The Morgan fingerprint density at radius 3 is 2.56 bits per heavy atom. The first-order chi connectivity index (χ1) is 8.61. The molecule has 0 spiro atoms. The Bertz CT molecular complexity index is 606. The van der Waals surface area contributed by atoms with Gasteiger partial charge in [-0.3, -0.25) is 4.79 Å². The van der Waals surface area contributed by atoms with Crippen molar-refractivity contribution in [3.8, 4) is 0 Å². The predicted molar refractivity (Wildman–Crippen MR) is 72.2 cm³/mol. The second-order valence-corrected chi connectivity index (χ2v) is 4.74. The van der Waals surface area contributed by atoms with Crippen LogP contribution in [0.5, 0.6) is 0 Å². The van der Waals surface area contributed by atoms with Gasteiger partial charge in [0.05, 0.1) is 0 Å². The number of thioether (sulfide) groups is 1. The molecule has 0 bridgehead atoms. The van der Waals surface area contributed by atoms with E-state index >= 15 is 0 Å². The number of hydrogen-bond donors (Lipinski definition) is 1. The normalized spacial score (nSPS) is 10.6. The number of hydrogen-bond acceptors (Lipinski definition) is 5. The van der Waals surface area contributed by atoms with Gasteiger partial charge >= 0.3 is 0 Å². The molecule has 18 heavy (non-hydrogen) atoms. The number of aryl methyl sites for hydroxylation is 1. The minimum Gasteiger partial charge on any atom is -0.334 e. The van der Waals surface area contributed by atoms with Gasteiger partial charge in [-0.05, 0) is 18.7 Å². The van der Waals surface area contributed by atoms with Gasteiger partial charge in [-0.15, -0.1) is 10.2 Å². The molecule has 6 heteroatoms. The molecule has 0 fully saturated rings. The standard InChI is InChI=1S/C12H14N4OS/c1-8-3-5-9(6-4-8)7-10-11(17)16(13)12(18-2)15-14-10/h3-6H,7,13H2,1-2H3. The highest BCUT2D eigenvalue weighted by molar-refractivity contribution is 7.98. The average molecular weight is 262 g/mol. The fourth-order valence-corrected chi connectivity index (χ4v) is 1.97. The Hall–Kier alpha value is -1.82. The van der Waals surface area contributed by atoms with Gasteiger partial charge in [0.15, 0.2) is 0 Å². The van der Waals surface area contributed by atoms with E-state index in [1.54, 1.807) is 6.26 Å². The van der Waals surface area contributed by atoms with Crippen LogP contribution in [0.25, 0.3) is 0 Å². The summed E-state index contributed by atoms with van der Waals surface area (Å²) < 4.78 is 1.04. The molecule has 0 saturated carbocycles. The Morgan fingerprint density at radius 1 is 1.28 bits per heavy atom. The molecule has 0 aliphatic rings. The molecule has 0 saturated heterocycles. The Kier molecular flexibility index (Phi) is 3.66. The molecular weight excluding hydrogens is 248 g/mol. The number of benzene rings is 1. The zero-order valence-electron chi connectivity index (χ0n) is 10.3. The van der Waals surface area contributed by atoms with Crippen molar-refractivity contribution in [2.45, 2.75) is 18.5 Å². The highest BCUT2D eigenvalue weighted by atomic mass is 32.2. The van der Waals surface area contributed by atoms with E-state index in [1.165, 1.54) is 17.3 Å². The molecule has 2 N–H and O–H groups in total. The quantitative estimate of drug-likeness (QED) is 0.659. The minimum absolute atomic E-state index is 0.296. The lowest BCUT2D eigenvalue weighted by molar-refractivity contribution is 0.673. The van der Waals surface area contributed by atoms with E-state index in [2.05, 4.69) is 10.2 Å². The van der Waals surface area contributed by atoms with Crippen molar-refractivity contribution in [2.24, 2.45) is 0 Å². The fourth-order valence-electron chi connectivity index (χ4n) is 1.57. The van der Waals surface area contributed by atoms with Gasteiger partial charge in [0.1, 0.15) is 5.69 Å². The maximum atomic E-state index is 11.9. The third-order valence-corrected chi connectivity index (χ3v) is 3.25. The van der Waals surface area contributed by atoms with Crippen molar-refractivity contribution in [3.63, 3.8) is 0 Å². The number of nitrogens with two attached hydrogens (primary N) is 1. The van der Waals surface area contributed by atoms with Crippen molar-refractivity contribution in [3.05, 3.63) is 51.4 Å². The zero-order valence-corrected chi connectivity index (χ0v) is 11.1. The molecule has 1 heterocycles. The van der Waals surface area contributed by atoms with Crippen molar-refractivity contribution in [2.75, 3.05) is 12.1 Å². The molecule has 0 unspecified atom stereocenters. The summed E-state index contributed by atoms with van der Waals surface area (Å²) in [4.78, 5) is 11.9. The molecule has 1 aromatic heterocycles. The first-order valence-corrected chi connectivity index (χ1v) is 6.67. The van der Waals surface area contributed by atoms with Crippen LogP contribution in [0.15, 0.2) is 34.2 Å². The number of nitrogen functional groups attached to an aromatic ring is 1.